The van der Waals surface area contributed by atoms with Gasteiger partial charge in [0.2, 0.25) is 0 Å². The maximum atomic E-state index is 6.12. The lowest BCUT2D eigenvalue weighted by molar-refractivity contribution is 0.233. The van der Waals surface area contributed by atoms with Gasteiger partial charge in [0.05, 0.1) is 6.61 Å². The number of hydrogen-bond acceptors (Lipinski definition) is 2. The Kier molecular flexibility index (Phi) is 7.96. The van der Waals surface area contributed by atoms with Crippen LogP contribution in [0.1, 0.15) is 50.7 Å². The van der Waals surface area contributed by atoms with E-state index < -0.39 is 0 Å². The molecule has 2 heteroatoms. The molecule has 2 nitrogen and oxygen atoms in total. The van der Waals surface area contributed by atoms with Gasteiger partial charge in [-0.05, 0) is 74.7 Å². The van der Waals surface area contributed by atoms with Gasteiger partial charge in [-0.3, -0.25) is 0 Å². The second kappa shape index (κ2) is 10.9. The number of unbranched alkanes of at least 4 members (excludes halogenated alkanes) is 1. The maximum absolute atomic E-state index is 6.12. The van der Waals surface area contributed by atoms with Crippen LogP contribution in [0.2, 0.25) is 0 Å². The largest absolute Gasteiger partial charge is 0.493 e. The van der Waals surface area contributed by atoms with Gasteiger partial charge in [-0.1, -0.05) is 68.5 Å². The summed E-state index contributed by atoms with van der Waals surface area (Å²) in [5.41, 5.74) is 5.97. The van der Waals surface area contributed by atoms with Crippen LogP contribution in [0.3, 0.4) is 0 Å². The molecule has 0 fully saturated rings. The van der Waals surface area contributed by atoms with Crippen LogP contribution in [0.5, 0.6) is 5.75 Å². The Bertz CT molecular complexity index is 836. The first kappa shape index (κ1) is 22.0. The topological polar surface area (TPSA) is 12.5 Å². The van der Waals surface area contributed by atoms with Crippen molar-refractivity contribution in [3.8, 4) is 5.75 Å². The average Bonchev–Trinajstić information content (AvgIpc) is 2.77. The Balaban J connectivity index is 1.80. The molecule has 0 aromatic heterocycles. The minimum atomic E-state index is 0.640. The fraction of sp³-hybridized carbons (Fsp3) is 0.357. The summed E-state index contributed by atoms with van der Waals surface area (Å²) in [5.74, 6) is 1.59. The zero-order valence-corrected chi connectivity index (χ0v) is 18.9. The first-order chi connectivity index (χ1) is 14.6. The van der Waals surface area contributed by atoms with E-state index in [0.717, 1.165) is 29.4 Å². The Labute approximate surface area is 182 Å². The van der Waals surface area contributed by atoms with Crippen LogP contribution in [0.4, 0.5) is 17.1 Å². The monoisotopic (exact) mass is 401 g/mol. The van der Waals surface area contributed by atoms with Crippen LogP contribution in [0.25, 0.3) is 0 Å². The van der Waals surface area contributed by atoms with Gasteiger partial charge in [0.1, 0.15) is 5.75 Å². The molecule has 0 aliphatic rings. The van der Waals surface area contributed by atoms with Crippen molar-refractivity contribution in [1.29, 1.82) is 0 Å². The summed E-state index contributed by atoms with van der Waals surface area (Å²) in [5, 5.41) is 0. The zero-order chi connectivity index (χ0) is 21.3. The second-order valence-electron chi connectivity index (χ2n) is 8.23. The molecule has 0 amide bonds. The molecule has 0 N–H and O–H groups in total. The highest BCUT2D eigenvalue weighted by atomic mass is 16.5. The van der Waals surface area contributed by atoms with Gasteiger partial charge >= 0.3 is 0 Å². The van der Waals surface area contributed by atoms with Crippen molar-refractivity contribution in [2.75, 3.05) is 11.5 Å². The van der Waals surface area contributed by atoms with Crippen LogP contribution in [-0.2, 0) is 0 Å². The number of nitrogens with zero attached hydrogens (tertiary/aromatic N) is 1. The Hall–Kier alpha value is -2.74. The molecule has 0 radical (unpaired) electrons. The van der Waals surface area contributed by atoms with Gasteiger partial charge in [-0.25, -0.2) is 0 Å². The number of benzene rings is 3. The summed E-state index contributed by atoms with van der Waals surface area (Å²) < 4.78 is 6.12. The summed E-state index contributed by atoms with van der Waals surface area (Å²) in [6, 6.07) is 25.9. The SMILES string of the molecule is CCCCC(CC)COc1ccc(N(c2ccc(C)cc2)c2ccc(C)cc2)cc1. The van der Waals surface area contributed by atoms with E-state index in [0.29, 0.717) is 5.92 Å². The third kappa shape index (κ3) is 5.89. The molecule has 0 spiro atoms. The van der Waals surface area contributed by atoms with Crippen LogP contribution >= 0.6 is 0 Å². The molecule has 1 unspecified atom stereocenters. The molecule has 30 heavy (non-hydrogen) atoms. The van der Waals surface area contributed by atoms with Crippen molar-refractivity contribution in [2.24, 2.45) is 5.92 Å². The highest BCUT2D eigenvalue weighted by molar-refractivity contribution is 5.76. The normalized spacial score (nSPS) is 11.9. The molecule has 3 rings (SSSR count). The summed E-state index contributed by atoms with van der Waals surface area (Å²) >= 11 is 0. The molecule has 0 aliphatic heterocycles. The van der Waals surface area contributed by atoms with Crippen molar-refractivity contribution >= 4 is 17.1 Å². The molecule has 3 aromatic carbocycles. The number of aryl methyl sites for hydroxylation is 2. The lowest BCUT2D eigenvalue weighted by Gasteiger charge is -2.26. The van der Waals surface area contributed by atoms with Gasteiger partial charge in [-0.15, -0.1) is 0 Å². The molecule has 158 valence electrons. The quantitative estimate of drug-likeness (QED) is 0.338. The maximum Gasteiger partial charge on any atom is 0.119 e. The van der Waals surface area contributed by atoms with Crippen molar-refractivity contribution in [3.05, 3.63) is 83.9 Å². The lowest BCUT2D eigenvalue weighted by atomic mass is 10.0. The summed E-state index contributed by atoms with van der Waals surface area (Å²) in [7, 11) is 0. The molecular weight excluding hydrogens is 366 g/mol. The standard InChI is InChI=1S/C28H35NO/c1-5-7-8-24(6-2)21-30-28-19-17-27(18-20-28)29(25-13-9-22(3)10-14-25)26-15-11-23(4)12-16-26/h9-20,24H,5-8,21H2,1-4H3. The van der Waals surface area contributed by atoms with E-state index in [4.69, 9.17) is 4.74 Å². The fourth-order valence-electron chi connectivity index (χ4n) is 3.64. The third-order valence-electron chi connectivity index (χ3n) is 5.71. The predicted octanol–water partition coefficient (Wildman–Crippen LogP) is 8.37. The van der Waals surface area contributed by atoms with Crippen molar-refractivity contribution in [1.82, 2.24) is 0 Å². The molecule has 0 bridgehead atoms. The summed E-state index contributed by atoms with van der Waals surface area (Å²) in [4.78, 5) is 2.29. The summed E-state index contributed by atoms with van der Waals surface area (Å²) in [6.45, 7) is 9.55. The number of hydrogen-bond donors (Lipinski definition) is 0. The minimum absolute atomic E-state index is 0.640. The minimum Gasteiger partial charge on any atom is -0.493 e. The molecule has 0 heterocycles. The number of anilines is 3. The second-order valence-corrected chi connectivity index (χ2v) is 8.23. The predicted molar refractivity (Wildman–Crippen MR) is 129 cm³/mol. The van der Waals surface area contributed by atoms with Crippen LogP contribution in [-0.4, -0.2) is 6.61 Å². The van der Waals surface area contributed by atoms with E-state index in [1.807, 2.05) is 0 Å². The first-order valence-electron chi connectivity index (χ1n) is 11.3. The zero-order valence-electron chi connectivity index (χ0n) is 18.9. The molecule has 0 aliphatic carbocycles. The fourth-order valence-corrected chi connectivity index (χ4v) is 3.64. The van der Waals surface area contributed by atoms with Crippen molar-refractivity contribution in [2.45, 2.75) is 53.4 Å². The van der Waals surface area contributed by atoms with E-state index in [2.05, 4.69) is 105 Å². The highest BCUT2D eigenvalue weighted by Gasteiger charge is 2.13. The van der Waals surface area contributed by atoms with Crippen LogP contribution in [0, 0.1) is 19.8 Å². The molecule has 1 atom stereocenters. The highest BCUT2D eigenvalue weighted by Crippen LogP contribution is 2.35. The Morgan fingerprint density at radius 2 is 1.17 bits per heavy atom. The summed E-state index contributed by atoms with van der Waals surface area (Å²) in [6.07, 6.45) is 4.95. The first-order valence-corrected chi connectivity index (χ1v) is 11.3. The van der Waals surface area contributed by atoms with Crippen molar-refractivity contribution < 1.29 is 4.74 Å². The number of ether oxygens (including phenoxy) is 1. The van der Waals surface area contributed by atoms with Gasteiger partial charge in [0.15, 0.2) is 0 Å². The van der Waals surface area contributed by atoms with E-state index in [1.165, 1.54) is 36.8 Å². The van der Waals surface area contributed by atoms with Crippen LogP contribution in [0.15, 0.2) is 72.8 Å². The van der Waals surface area contributed by atoms with Crippen molar-refractivity contribution in [3.63, 3.8) is 0 Å². The van der Waals surface area contributed by atoms with E-state index in [-0.39, 0.29) is 0 Å². The average molecular weight is 402 g/mol. The third-order valence-corrected chi connectivity index (χ3v) is 5.71. The van der Waals surface area contributed by atoms with E-state index in [1.54, 1.807) is 0 Å². The Morgan fingerprint density at radius 1 is 0.700 bits per heavy atom. The lowest BCUT2D eigenvalue weighted by Crippen LogP contribution is -2.12. The van der Waals surface area contributed by atoms with Gasteiger partial charge in [0, 0.05) is 17.1 Å². The molecular formula is C28H35NO. The molecule has 0 saturated carbocycles. The van der Waals surface area contributed by atoms with E-state index >= 15 is 0 Å². The number of rotatable bonds is 10. The van der Waals surface area contributed by atoms with Gasteiger partial charge in [-0.2, -0.15) is 0 Å². The van der Waals surface area contributed by atoms with Gasteiger partial charge in [0.25, 0.3) is 0 Å². The molecule has 0 saturated heterocycles. The smallest absolute Gasteiger partial charge is 0.119 e. The van der Waals surface area contributed by atoms with Crippen LogP contribution < -0.4 is 9.64 Å². The Morgan fingerprint density at radius 3 is 1.60 bits per heavy atom. The van der Waals surface area contributed by atoms with Gasteiger partial charge < -0.3 is 9.64 Å². The molecule has 3 aromatic rings. The van der Waals surface area contributed by atoms with E-state index in [9.17, 15) is 0 Å².